The highest BCUT2D eigenvalue weighted by Crippen LogP contribution is 2.17. The van der Waals surface area contributed by atoms with Crippen molar-refractivity contribution >= 4 is 21.8 Å². The number of hydrogen-bond donors (Lipinski definition) is 0. The molecule has 1 aliphatic heterocycles. The number of rotatable bonds is 4. The zero-order valence-corrected chi connectivity index (χ0v) is 11.5. The summed E-state index contributed by atoms with van der Waals surface area (Å²) in [6.45, 7) is 1.80. The van der Waals surface area contributed by atoms with Gasteiger partial charge >= 0.3 is 0 Å². The number of aryl methyl sites for hydroxylation is 1. The normalized spacial score (nSPS) is 19.6. The van der Waals surface area contributed by atoms with E-state index in [2.05, 4.69) is 28.1 Å². The van der Waals surface area contributed by atoms with Crippen LogP contribution in [0.1, 0.15) is 24.8 Å². The maximum absolute atomic E-state index is 11.9. The fourth-order valence-corrected chi connectivity index (χ4v) is 2.74. The van der Waals surface area contributed by atoms with Crippen molar-refractivity contribution in [2.24, 2.45) is 0 Å². The van der Waals surface area contributed by atoms with E-state index in [4.69, 9.17) is 0 Å². The quantitative estimate of drug-likeness (QED) is 0.782. The van der Waals surface area contributed by atoms with Crippen LogP contribution in [0, 0.1) is 0 Å². The molecule has 1 aromatic carbocycles. The van der Waals surface area contributed by atoms with E-state index in [0.29, 0.717) is 17.2 Å². The summed E-state index contributed by atoms with van der Waals surface area (Å²) in [4.78, 5) is 14.4. The maximum Gasteiger partial charge on any atom is 0.222 e. The number of nitrogens with zero attached hydrogens (tertiary/aromatic N) is 1. The van der Waals surface area contributed by atoms with Crippen molar-refractivity contribution in [3.05, 3.63) is 35.9 Å². The Hall–Kier alpha value is -0.830. The number of amides is 1. The van der Waals surface area contributed by atoms with Gasteiger partial charge in [0.1, 0.15) is 0 Å². The third-order valence-electron chi connectivity index (χ3n) is 3.18. The van der Waals surface area contributed by atoms with Crippen LogP contribution in [0.15, 0.2) is 30.3 Å². The molecule has 1 aromatic rings. The van der Waals surface area contributed by atoms with Gasteiger partial charge in [0.15, 0.2) is 0 Å². The summed E-state index contributed by atoms with van der Waals surface area (Å²) in [5, 5.41) is 0. The molecular weight excluding hydrogens is 278 g/mol. The van der Waals surface area contributed by atoms with Gasteiger partial charge in [0, 0.05) is 24.3 Å². The van der Waals surface area contributed by atoms with Gasteiger partial charge in [-0.2, -0.15) is 0 Å². The lowest BCUT2D eigenvalue weighted by Crippen LogP contribution is -2.28. The van der Waals surface area contributed by atoms with Gasteiger partial charge in [0.05, 0.1) is 0 Å². The predicted molar refractivity (Wildman–Crippen MR) is 73.3 cm³/mol. The Kier molecular flexibility index (Phi) is 4.60. The highest BCUT2D eigenvalue weighted by atomic mass is 79.9. The Morgan fingerprint density at radius 1 is 1.35 bits per heavy atom. The summed E-state index contributed by atoms with van der Waals surface area (Å²) in [5.41, 5.74) is 1.32. The molecule has 0 aliphatic carbocycles. The lowest BCUT2D eigenvalue weighted by molar-refractivity contribution is -0.130. The lowest BCUT2D eigenvalue weighted by Gasteiger charge is -2.15. The molecule has 0 bridgehead atoms. The standard InChI is InChI=1S/C14H18BrNO/c15-13-9-10-16(11-13)14(17)8-4-7-12-5-2-1-3-6-12/h1-3,5-6,13H,4,7-11H2. The Bertz CT molecular complexity index is 366. The number of carbonyl (C=O) groups excluding carboxylic acids is 1. The summed E-state index contributed by atoms with van der Waals surface area (Å²) < 4.78 is 0. The van der Waals surface area contributed by atoms with Gasteiger partial charge in [-0.1, -0.05) is 46.3 Å². The van der Waals surface area contributed by atoms with Crippen molar-refractivity contribution in [2.45, 2.75) is 30.5 Å². The second kappa shape index (κ2) is 6.20. The minimum Gasteiger partial charge on any atom is -0.342 e. The monoisotopic (exact) mass is 295 g/mol. The Morgan fingerprint density at radius 2 is 2.12 bits per heavy atom. The van der Waals surface area contributed by atoms with Crippen LogP contribution in [0.25, 0.3) is 0 Å². The highest BCUT2D eigenvalue weighted by molar-refractivity contribution is 9.09. The molecule has 1 amide bonds. The Balaban J connectivity index is 1.70. The second-order valence-corrected chi connectivity index (χ2v) is 5.86. The summed E-state index contributed by atoms with van der Waals surface area (Å²) in [5.74, 6) is 0.308. The highest BCUT2D eigenvalue weighted by Gasteiger charge is 2.23. The second-order valence-electron chi connectivity index (χ2n) is 4.56. The van der Waals surface area contributed by atoms with Crippen LogP contribution in [0.2, 0.25) is 0 Å². The topological polar surface area (TPSA) is 20.3 Å². The Morgan fingerprint density at radius 3 is 2.76 bits per heavy atom. The van der Waals surface area contributed by atoms with Crippen LogP contribution in [0.5, 0.6) is 0 Å². The van der Waals surface area contributed by atoms with E-state index in [1.807, 2.05) is 23.1 Å². The van der Waals surface area contributed by atoms with Crippen molar-refractivity contribution in [1.82, 2.24) is 4.90 Å². The molecule has 0 spiro atoms. The third-order valence-corrected chi connectivity index (χ3v) is 3.93. The van der Waals surface area contributed by atoms with Crippen LogP contribution in [-0.2, 0) is 11.2 Å². The first-order valence-electron chi connectivity index (χ1n) is 6.21. The third kappa shape index (κ3) is 3.84. The van der Waals surface area contributed by atoms with E-state index in [9.17, 15) is 4.79 Å². The van der Waals surface area contributed by atoms with Crippen molar-refractivity contribution in [3.8, 4) is 0 Å². The molecule has 1 aliphatic rings. The van der Waals surface area contributed by atoms with Gasteiger partial charge in [-0.15, -0.1) is 0 Å². The van der Waals surface area contributed by atoms with E-state index in [1.165, 1.54) is 5.56 Å². The average molecular weight is 296 g/mol. The molecule has 2 nitrogen and oxygen atoms in total. The molecule has 1 fully saturated rings. The first-order chi connectivity index (χ1) is 8.25. The fraction of sp³-hybridized carbons (Fsp3) is 0.500. The molecule has 92 valence electrons. The van der Waals surface area contributed by atoms with Crippen molar-refractivity contribution in [3.63, 3.8) is 0 Å². The smallest absolute Gasteiger partial charge is 0.222 e. The molecular formula is C14H18BrNO. The number of halogens is 1. The first kappa shape index (κ1) is 12.6. The SMILES string of the molecule is O=C(CCCc1ccccc1)N1CCC(Br)C1. The summed E-state index contributed by atoms with van der Waals surface area (Å²) in [6, 6.07) is 10.4. The van der Waals surface area contributed by atoms with Gasteiger partial charge in [-0.3, -0.25) is 4.79 Å². The van der Waals surface area contributed by atoms with Crippen molar-refractivity contribution in [1.29, 1.82) is 0 Å². The molecule has 3 heteroatoms. The van der Waals surface area contributed by atoms with Crippen LogP contribution >= 0.6 is 15.9 Å². The average Bonchev–Trinajstić information content (AvgIpc) is 2.77. The molecule has 2 rings (SSSR count). The molecule has 1 heterocycles. The molecule has 1 atom stereocenters. The zero-order chi connectivity index (χ0) is 12.1. The predicted octanol–water partition coefficient (Wildman–Crippen LogP) is 3.01. The molecule has 0 N–H and O–H groups in total. The summed E-state index contributed by atoms with van der Waals surface area (Å²) >= 11 is 3.56. The van der Waals surface area contributed by atoms with E-state index in [1.54, 1.807) is 0 Å². The number of hydrogen-bond acceptors (Lipinski definition) is 1. The van der Waals surface area contributed by atoms with Crippen LogP contribution in [0.4, 0.5) is 0 Å². The van der Waals surface area contributed by atoms with Crippen molar-refractivity contribution < 1.29 is 4.79 Å². The summed E-state index contributed by atoms with van der Waals surface area (Å²) in [6.07, 6.45) is 3.71. The van der Waals surface area contributed by atoms with Crippen LogP contribution in [-0.4, -0.2) is 28.7 Å². The molecule has 1 unspecified atom stereocenters. The van der Waals surface area contributed by atoms with Crippen LogP contribution in [0.3, 0.4) is 0 Å². The number of likely N-dealkylation sites (tertiary alicyclic amines) is 1. The number of alkyl halides is 1. The van der Waals surface area contributed by atoms with E-state index >= 15 is 0 Å². The summed E-state index contributed by atoms with van der Waals surface area (Å²) in [7, 11) is 0. The van der Waals surface area contributed by atoms with E-state index in [-0.39, 0.29) is 0 Å². The van der Waals surface area contributed by atoms with Gasteiger partial charge in [0.2, 0.25) is 5.91 Å². The molecule has 17 heavy (non-hydrogen) atoms. The van der Waals surface area contributed by atoms with Crippen molar-refractivity contribution in [2.75, 3.05) is 13.1 Å². The van der Waals surface area contributed by atoms with Crippen LogP contribution < -0.4 is 0 Å². The van der Waals surface area contributed by atoms with Gasteiger partial charge in [-0.05, 0) is 24.8 Å². The van der Waals surface area contributed by atoms with Gasteiger partial charge in [0.25, 0.3) is 0 Å². The minimum atomic E-state index is 0.308. The van der Waals surface area contributed by atoms with Gasteiger partial charge in [-0.25, -0.2) is 0 Å². The maximum atomic E-state index is 11.9. The zero-order valence-electron chi connectivity index (χ0n) is 9.94. The number of carbonyl (C=O) groups is 1. The minimum absolute atomic E-state index is 0.308. The van der Waals surface area contributed by atoms with E-state index < -0.39 is 0 Å². The largest absolute Gasteiger partial charge is 0.342 e. The Labute approximate surface area is 111 Å². The molecule has 0 radical (unpaired) electrons. The van der Waals surface area contributed by atoms with Gasteiger partial charge < -0.3 is 4.90 Å². The number of benzene rings is 1. The molecule has 1 saturated heterocycles. The first-order valence-corrected chi connectivity index (χ1v) is 7.13. The fourth-order valence-electron chi connectivity index (χ4n) is 2.19. The van der Waals surface area contributed by atoms with E-state index in [0.717, 1.165) is 32.4 Å². The molecule has 0 saturated carbocycles. The molecule has 0 aromatic heterocycles. The lowest BCUT2D eigenvalue weighted by atomic mass is 10.1.